The standard InChI is InChI=1S/C20H19FN4O3/c21-15-11-23-20(24-19(15)22)25(12-16(26)13-4-2-1-3-5-13)14-6-7-17-18(10-14)28-9-8-27-17/h1-7,10-11,16,26H,8-9,12H2,(H2,22,23,24). The van der Waals surface area contributed by atoms with Crippen LogP contribution in [-0.4, -0.2) is 34.8 Å². The summed E-state index contributed by atoms with van der Waals surface area (Å²) in [7, 11) is 0. The lowest BCUT2D eigenvalue weighted by Gasteiger charge is -2.27. The predicted molar refractivity (Wildman–Crippen MR) is 102 cm³/mol. The first-order chi connectivity index (χ1) is 13.6. The molecule has 28 heavy (non-hydrogen) atoms. The number of nitrogens with two attached hydrogens (primary N) is 1. The molecule has 2 heterocycles. The highest BCUT2D eigenvalue weighted by atomic mass is 19.1. The Kier molecular flexibility index (Phi) is 4.94. The summed E-state index contributed by atoms with van der Waals surface area (Å²) in [6.45, 7) is 1.07. The summed E-state index contributed by atoms with van der Waals surface area (Å²) in [6, 6.07) is 14.6. The zero-order chi connectivity index (χ0) is 19.5. The number of rotatable bonds is 5. The summed E-state index contributed by atoms with van der Waals surface area (Å²) >= 11 is 0. The molecule has 0 spiro atoms. The average molecular weight is 382 g/mol. The Morgan fingerprint density at radius 1 is 1.11 bits per heavy atom. The first-order valence-corrected chi connectivity index (χ1v) is 8.80. The van der Waals surface area contributed by atoms with Gasteiger partial charge in [-0.1, -0.05) is 30.3 Å². The number of aliphatic hydroxyl groups excluding tert-OH is 1. The minimum atomic E-state index is -0.829. The molecule has 0 saturated heterocycles. The second-order valence-electron chi connectivity index (χ2n) is 6.27. The van der Waals surface area contributed by atoms with Crippen LogP contribution in [-0.2, 0) is 0 Å². The van der Waals surface area contributed by atoms with E-state index in [4.69, 9.17) is 15.2 Å². The van der Waals surface area contributed by atoms with Crippen LogP contribution in [0.15, 0.2) is 54.7 Å². The summed E-state index contributed by atoms with van der Waals surface area (Å²) in [4.78, 5) is 9.75. The van der Waals surface area contributed by atoms with Crippen molar-refractivity contribution >= 4 is 17.5 Å². The maximum absolute atomic E-state index is 13.6. The van der Waals surface area contributed by atoms with E-state index >= 15 is 0 Å². The Balaban J connectivity index is 1.71. The van der Waals surface area contributed by atoms with Crippen molar-refractivity contribution in [1.29, 1.82) is 0 Å². The summed E-state index contributed by atoms with van der Waals surface area (Å²) in [5.74, 6) is 0.429. The van der Waals surface area contributed by atoms with Crippen LogP contribution in [0, 0.1) is 5.82 Å². The van der Waals surface area contributed by atoms with Gasteiger partial charge >= 0.3 is 0 Å². The number of halogens is 1. The van der Waals surface area contributed by atoms with Crippen LogP contribution >= 0.6 is 0 Å². The van der Waals surface area contributed by atoms with Crippen molar-refractivity contribution in [3.05, 3.63) is 66.1 Å². The maximum atomic E-state index is 13.6. The number of fused-ring (bicyclic) bond motifs is 1. The third-order valence-electron chi connectivity index (χ3n) is 4.38. The van der Waals surface area contributed by atoms with Crippen molar-refractivity contribution < 1.29 is 19.0 Å². The molecule has 3 aromatic rings. The molecule has 0 amide bonds. The minimum Gasteiger partial charge on any atom is -0.486 e. The number of hydrogen-bond donors (Lipinski definition) is 2. The van der Waals surface area contributed by atoms with Gasteiger partial charge in [-0.25, -0.2) is 9.37 Å². The van der Waals surface area contributed by atoms with E-state index in [0.29, 0.717) is 30.4 Å². The van der Waals surface area contributed by atoms with E-state index in [1.165, 1.54) is 0 Å². The van der Waals surface area contributed by atoms with Gasteiger partial charge in [0.2, 0.25) is 5.95 Å². The molecule has 7 nitrogen and oxygen atoms in total. The van der Waals surface area contributed by atoms with E-state index in [9.17, 15) is 9.50 Å². The number of hydrogen-bond acceptors (Lipinski definition) is 7. The average Bonchev–Trinajstić information content (AvgIpc) is 2.74. The Labute approximate surface area is 161 Å². The van der Waals surface area contributed by atoms with E-state index in [1.807, 2.05) is 30.3 Å². The van der Waals surface area contributed by atoms with E-state index < -0.39 is 11.9 Å². The fourth-order valence-electron chi connectivity index (χ4n) is 2.96. The summed E-state index contributed by atoms with van der Waals surface area (Å²) in [5, 5.41) is 10.7. The van der Waals surface area contributed by atoms with E-state index in [2.05, 4.69) is 9.97 Å². The zero-order valence-electron chi connectivity index (χ0n) is 15.0. The van der Waals surface area contributed by atoms with Gasteiger partial charge in [0, 0.05) is 11.8 Å². The van der Waals surface area contributed by atoms with Gasteiger partial charge in [-0.15, -0.1) is 0 Å². The Morgan fingerprint density at radius 3 is 2.61 bits per heavy atom. The van der Waals surface area contributed by atoms with Gasteiger partial charge in [-0.3, -0.25) is 0 Å². The van der Waals surface area contributed by atoms with Gasteiger partial charge in [0.15, 0.2) is 23.1 Å². The predicted octanol–water partition coefficient (Wildman–Crippen LogP) is 2.84. The van der Waals surface area contributed by atoms with Crippen molar-refractivity contribution in [2.45, 2.75) is 6.10 Å². The number of nitrogens with zero attached hydrogens (tertiary/aromatic N) is 3. The molecular formula is C20H19FN4O3. The van der Waals surface area contributed by atoms with Gasteiger partial charge in [-0.05, 0) is 17.7 Å². The van der Waals surface area contributed by atoms with Crippen molar-refractivity contribution in [3.8, 4) is 11.5 Å². The third-order valence-corrected chi connectivity index (χ3v) is 4.38. The molecule has 1 aliphatic heterocycles. The van der Waals surface area contributed by atoms with Crippen molar-refractivity contribution in [3.63, 3.8) is 0 Å². The van der Waals surface area contributed by atoms with Crippen LogP contribution in [0.2, 0.25) is 0 Å². The highest BCUT2D eigenvalue weighted by molar-refractivity contribution is 5.63. The number of ether oxygens (including phenoxy) is 2. The summed E-state index contributed by atoms with van der Waals surface area (Å²) in [6.07, 6.45) is 0.182. The number of aliphatic hydroxyl groups is 1. The van der Waals surface area contributed by atoms with Crippen LogP contribution in [0.25, 0.3) is 0 Å². The van der Waals surface area contributed by atoms with Crippen LogP contribution < -0.4 is 20.1 Å². The quantitative estimate of drug-likeness (QED) is 0.701. The molecule has 1 aliphatic rings. The molecule has 8 heteroatoms. The number of benzene rings is 2. The molecule has 0 radical (unpaired) electrons. The molecule has 144 valence electrons. The molecule has 4 rings (SSSR count). The lowest BCUT2D eigenvalue weighted by atomic mass is 10.1. The largest absolute Gasteiger partial charge is 0.486 e. The monoisotopic (exact) mass is 382 g/mol. The van der Waals surface area contributed by atoms with Gasteiger partial charge in [0.25, 0.3) is 0 Å². The van der Waals surface area contributed by atoms with Crippen LogP contribution in [0.4, 0.5) is 21.8 Å². The molecule has 0 bridgehead atoms. The van der Waals surface area contributed by atoms with Crippen LogP contribution in [0.3, 0.4) is 0 Å². The smallest absolute Gasteiger partial charge is 0.232 e. The molecule has 1 aromatic heterocycles. The normalized spacial score (nSPS) is 13.8. The number of nitrogen functional groups attached to an aromatic ring is 1. The maximum Gasteiger partial charge on any atom is 0.232 e. The number of aromatic nitrogens is 2. The first kappa shape index (κ1) is 18.0. The fourth-order valence-corrected chi connectivity index (χ4v) is 2.96. The van der Waals surface area contributed by atoms with Crippen molar-refractivity contribution in [1.82, 2.24) is 9.97 Å². The van der Waals surface area contributed by atoms with E-state index in [-0.39, 0.29) is 18.3 Å². The molecular weight excluding hydrogens is 363 g/mol. The molecule has 1 atom stereocenters. The Bertz CT molecular complexity index is 971. The van der Waals surface area contributed by atoms with Crippen LogP contribution in [0.5, 0.6) is 11.5 Å². The van der Waals surface area contributed by atoms with Crippen molar-refractivity contribution in [2.75, 3.05) is 30.4 Å². The van der Waals surface area contributed by atoms with Gasteiger partial charge in [0.1, 0.15) is 13.2 Å². The second kappa shape index (κ2) is 7.69. The van der Waals surface area contributed by atoms with Crippen molar-refractivity contribution in [2.24, 2.45) is 0 Å². The third kappa shape index (κ3) is 3.67. The molecule has 2 aromatic carbocycles. The molecule has 0 fully saturated rings. The zero-order valence-corrected chi connectivity index (χ0v) is 15.0. The molecule has 0 saturated carbocycles. The lowest BCUT2D eigenvalue weighted by molar-refractivity contribution is 0.171. The van der Waals surface area contributed by atoms with E-state index in [0.717, 1.165) is 11.8 Å². The Morgan fingerprint density at radius 2 is 1.86 bits per heavy atom. The summed E-state index contributed by atoms with van der Waals surface area (Å²) in [5.41, 5.74) is 7.02. The van der Waals surface area contributed by atoms with Gasteiger partial charge < -0.3 is 25.2 Å². The van der Waals surface area contributed by atoms with E-state index in [1.54, 1.807) is 23.1 Å². The second-order valence-corrected chi connectivity index (χ2v) is 6.27. The molecule has 0 aliphatic carbocycles. The Hall–Kier alpha value is -3.39. The SMILES string of the molecule is Nc1nc(N(CC(O)c2ccccc2)c2ccc3c(c2)OCCO3)ncc1F. The van der Waals surface area contributed by atoms with Crippen LogP contribution in [0.1, 0.15) is 11.7 Å². The van der Waals surface area contributed by atoms with Gasteiger partial charge in [0.05, 0.1) is 18.8 Å². The lowest BCUT2D eigenvalue weighted by Crippen LogP contribution is -2.26. The summed E-state index contributed by atoms with van der Waals surface area (Å²) < 4.78 is 24.8. The topological polar surface area (TPSA) is 93.7 Å². The fraction of sp³-hybridized carbons (Fsp3) is 0.200. The number of anilines is 3. The van der Waals surface area contributed by atoms with Gasteiger partial charge in [-0.2, -0.15) is 4.98 Å². The highest BCUT2D eigenvalue weighted by Crippen LogP contribution is 2.36. The molecule has 3 N–H and O–H groups in total. The molecule has 1 unspecified atom stereocenters. The first-order valence-electron chi connectivity index (χ1n) is 8.80. The minimum absolute atomic E-state index is 0.134. The highest BCUT2D eigenvalue weighted by Gasteiger charge is 2.22.